The second-order valence-corrected chi connectivity index (χ2v) is 5.48. The summed E-state index contributed by atoms with van der Waals surface area (Å²) in [7, 11) is 0. The van der Waals surface area contributed by atoms with Crippen molar-refractivity contribution in [1.82, 2.24) is 9.97 Å². The van der Waals surface area contributed by atoms with Crippen LogP contribution in [0.15, 0.2) is 23.6 Å². The quantitative estimate of drug-likeness (QED) is 0.456. The lowest BCUT2D eigenvalue weighted by Gasteiger charge is -2.10. The fourth-order valence-electron chi connectivity index (χ4n) is 2.24. The Bertz CT molecular complexity index is 873. The van der Waals surface area contributed by atoms with Crippen molar-refractivity contribution in [1.29, 1.82) is 0 Å². The van der Waals surface area contributed by atoms with Gasteiger partial charge in [0.1, 0.15) is 10.6 Å². The third-order valence-corrected chi connectivity index (χ3v) is 4.04. The molecule has 3 heterocycles. The number of fused-ring (bicyclic) bond motifs is 1. The molecule has 3 aromatic rings. The van der Waals surface area contributed by atoms with Crippen molar-refractivity contribution in [3.8, 4) is 11.1 Å². The van der Waals surface area contributed by atoms with Crippen LogP contribution in [0.5, 0.6) is 0 Å². The zero-order chi connectivity index (χ0) is 17.0. The fraction of sp³-hybridized carbons (Fsp3) is 0.154. The number of aromatic amines is 1. The Labute approximate surface area is 127 Å². The van der Waals surface area contributed by atoms with Gasteiger partial charge in [0.15, 0.2) is 0 Å². The van der Waals surface area contributed by atoms with E-state index in [9.17, 15) is 30.7 Å². The number of halogens is 7. The van der Waals surface area contributed by atoms with Crippen molar-refractivity contribution in [2.24, 2.45) is 0 Å². The summed E-state index contributed by atoms with van der Waals surface area (Å²) in [4.78, 5) is 4.11. The summed E-state index contributed by atoms with van der Waals surface area (Å²) >= 11 is 0.259. The summed E-state index contributed by atoms with van der Waals surface area (Å²) in [5, 5.41) is 1.02. The number of hydrogen-bond donors (Lipinski definition) is 1. The number of H-pyrrole nitrogens is 1. The van der Waals surface area contributed by atoms with Gasteiger partial charge in [-0.2, -0.15) is 30.7 Å². The first-order chi connectivity index (χ1) is 10.6. The van der Waals surface area contributed by atoms with Crippen LogP contribution in [0.4, 0.5) is 30.7 Å². The second kappa shape index (κ2) is 4.95. The minimum atomic E-state index is -4.95. The molecule has 3 aromatic heterocycles. The molecule has 0 fully saturated rings. The highest BCUT2D eigenvalue weighted by Gasteiger charge is 2.41. The molecule has 1 N–H and O–H groups in total. The third kappa shape index (κ3) is 2.67. The largest absolute Gasteiger partial charge is 0.431 e. The molecule has 0 radical (unpaired) electrons. The van der Waals surface area contributed by atoms with Gasteiger partial charge in [-0.3, -0.25) is 0 Å². The number of nitrogens with one attached hydrogen (secondary N) is 1. The predicted molar refractivity (Wildman–Crippen MR) is 69.4 cm³/mol. The number of pyridine rings is 1. The SMILES string of the molecule is Fc1ccc2[nH]c(C(F)(F)F)c(-c3ccsc3C(F)(F)F)c2n1. The first-order valence-electron chi connectivity index (χ1n) is 5.99. The molecular formula is C13H5F7N2S. The van der Waals surface area contributed by atoms with Gasteiger partial charge < -0.3 is 4.98 Å². The molecule has 0 atom stereocenters. The van der Waals surface area contributed by atoms with Gasteiger partial charge in [0.25, 0.3) is 0 Å². The molecule has 0 aliphatic carbocycles. The molecule has 0 bridgehead atoms. The Morgan fingerprint density at radius 3 is 2.26 bits per heavy atom. The molecule has 10 heteroatoms. The average Bonchev–Trinajstić information content (AvgIpc) is 2.99. The van der Waals surface area contributed by atoms with Gasteiger partial charge in [0.05, 0.1) is 11.0 Å². The van der Waals surface area contributed by atoms with Crippen LogP contribution >= 0.6 is 11.3 Å². The molecule has 0 aromatic carbocycles. The Morgan fingerprint density at radius 2 is 1.65 bits per heavy atom. The Morgan fingerprint density at radius 1 is 0.957 bits per heavy atom. The minimum absolute atomic E-state index is 0.201. The molecule has 0 aliphatic heterocycles. The number of rotatable bonds is 1. The molecule has 23 heavy (non-hydrogen) atoms. The maximum atomic E-state index is 13.3. The summed E-state index contributed by atoms with van der Waals surface area (Å²) in [6, 6.07) is 2.73. The molecule has 3 rings (SSSR count). The number of aromatic nitrogens is 2. The average molecular weight is 354 g/mol. The lowest BCUT2D eigenvalue weighted by molar-refractivity contribution is -0.140. The highest BCUT2D eigenvalue weighted by atomic mass is 32.1. The van der Waals surface area contributed by atoms with Crippen molar-refractivity contribution in [2.75, 3.05) is 0 Å². The van der Waals surface area contributed by atoms with Gasteiger partial charge in [0, 0.05) is 11.1 Å². The van der Waals surface area contributed by atoms with Crippen LogP contribution in [0, 0.1) is 5.95 Å². The molecule has 0 aliphatic rings. The predicted octanol–water partition coefficient (Wildman–Crippen LogP) is 5.47. The molecule has 0 spiro atoms. The summed E-state index contributed by atoms with van der Waals surface area (Å²) in [6.07, 6.45) is -9.78. The van der Waals surface area contributed by atoms with Gasteiger partial charge >= 0.3 is 12.4 Å². The lowest BCUT2D eigenvalue weighted by atomic mass is 10.0. The first kappa shape index (κ1) is 15.8. The van der Waals surface area contributed by atoms with E-state index in [0.717, 1.165) is 23.6 Å². The standard InChI is InChI=1S/C13H5F7N2S/c14-7-2-1-6-9(22-7)8(10(21-6)12(15,16)17)5-3-4-23-11(5)13(18,19)20/h1-4,21H. The lowest BCUT2D eigenvalue weighted by Crippen LogP contribution is -2.09. The van der Waals surface area contributed by atoms with E-state index >= 15 is 0 Å². The molecule has 0 amide bonds. The maximum Gasteiger partial charge on any atom is 0.431 e. The first-order valence-corrected chi connectivity index (χ1v) is 6.87. The molecule has 0 unspecified atom stereocenters. The molecular weight excluding hydrogens is 349 g/mol. The molecule has 122 valence electrons. The van der Waals surface area contributed by atoms with Crippen molar-refractivity contribution < 1.29 is 30.7 Å². The Kier molecular flexibility index (Phi) is 3.40. The Balaban J connectivity index is 2.40. The van der Waals surface area contributed by atoms with E-state index in [1.54, 1.807) is 0 Å². The van der Waals surface area contributed by atoms with Gasteiger partial charge in [-0.05, 0) is 23.6 Å². The van der Waals surface area contributed by atoms with E-state index in [1.165, 1.54) is 0 Å². The number of hydrogen-bond acceptors (Lipinski definition) is 2. The zero-order valence-corrected chi connectivity index (χ0v) is 11.6. The van der Waals surface area contributed by atoms with Crippen molar-refractivity contribution in [3.05, 3.63) is 40.1 Å². The highest BCUT2D eigenvalue weighted by Crippen LogP contribution is 2.47. The number of nitrogens with zero attached hydrogens (tertiary/aromatic N) is 1. The van der Waals surface area contributed by atoms with Gasteiger partial charge in [-0.15, -0.1) is 11.3 Å². The van der Waals surface area contributed by atoms with Crippen LogP contribution in [-0.2, 0) is 12.4 Å². The van der Waals surface area contributed by atoms with Gasteiger partial charge in [-0.25, -0.2) is 4.98 Å². The molecule has 0 saturated carbocycles. The molecule has 2 nitrogen and oxygen atoms in total. The van der Waals surface area contributed by atoms with Crippen LogP contribution < -0.4 is 0 Å². The van der Waals surface area contributed by atoms with Crippen molar-refractivity contribution >= 4 is 22.4 Å². The van der Waals surface area contributed by atoms with Crippen molar-refractivity contribution in [3.63, 3.8) is 0 Å². The van der Waals surface area contributed by atoms with E-state index in [1.807, 2.05) is 4.98 Å². The smallest absolute Gasteiger partial charge is 0.349 e. The molecule has 0 saturated heterocycles. The van der Waals surface area contributed by atoms with Crippen LogP contribution in [0.1, 0.15) is 10.6 Å². The van der Waals surface area contributed by atoms with Crippen molar-refractivity contribution in [2.45, 2.75) is 12.4 Å². The van der Waals surface area contributed by atoms with Gasteiger partial charge in [0.2, 0.25) is 5.95 Å². The third-order valence-electron chi connectivity index (χ3n) is 3.08. The van der Waals surface area contributed by atoms with Gasteiger partial charge in [-0.1, -0.05) is 0 Å². The zero-order valence-electron chi connectivity index (χ0n) is 10.8. The maximum absolute atomic E-state index is 13.3. The van der Waals surface area contributed by atoms with E-state index in [2.05, 4.69) is 4.98 Å². The number of alkyl halides is 6. The normalized spacial score (nSPS) is 13.0. The monoisotopic (exact) mass is 354 g/mol. The van der Waals surface area contributed by atoms with E-state index in [4.69, 9.17) is 0 Å². The minimum Gasteiger partial charge on any atom is -0.349 e. The summed E-state index contributed by atoms with van der Waals surface area (Å²) in [5.41, 5.74) is -3.58. The van der Waals surface area contributed by atoms with Crippen LogP contribution in [-0.4, -0.2) is 9.97 Å². The summed E-state index contributed by atoms with van der Waals surface area (Å²) < 4.78 is 91.8. The highest BCUT2D eigenvalue weighted by molar-refractivity contribution is 7.10. The van der Waals surface area contributed by atoms with Crippen LogP contribution in [0.3, 0.4) is 0 Å². The van der Waals surface area contributed by atoms with E-state index in [-0.39, 0.29) is 16.9 Å². The summed E-state index contributed by atoms with van der Waals surface area (Å²) in [6.45, 7) is 0. The Hall–Kier alpha value is -2.10. The number of thiophene rings is 1. The van der Waals surface area contributed by atoms with Crippen LogP contribution in [0.25, 0.3) is 22.2 Å². The van der Waals surface area contributed by atoms with Crippen LogP contribution in [0.2, 0.25) is 0 Å². The van der Waals surface area contributed by atoms with E-state index in [0.29, 0.717) is 0 Å². The topological polar surface area (TPSA) is 28.7 Å². The second-order valence-electron chi connectivity index (χ2n) is 4.56. The van der Waals surface area contributed by atoms with E-state index < -0.39 is 45.5 Å². The summed E-state index contributed by atoms with van der Waals surface area (Å²) in [5.74, 6) is -1.09. The fourth-order valence-corrected chi connectivity index (χ4v) is 3.01.